The van der Waals surface area contributed by atoms with E-state index in [2.05, 4.69) is 21.9 Å². The van der Waals surface area contributed by atoms with Crippen LogP contribution in [0.3, 0.4) is 0 Å². The lowest BCUT2D eigenvalue weighted by atomic mass is 9.82. The van der Waals surface area contributed by atoms with Crippen molar-refractivity contribution in [1.29, 1.82) is 0 Å². The molecule has 0 bridgehead atoms. The number of carbonyl (C=O) groups excluding carboxylic acids is 7. The van der Waals surface area contributed by atoms with Crippen molar-refractivity contribution in [2.75, 3.05) is 20.1 Å². The zero-order valence-corrected chi connectivity index (χ0v) is 35.1. The first-order valence-electron chi connectivity index (χ1n) is 20.2. The molecule has 5 amide bonds. The molecule has 2 saturated heterocycles. The number of carbonyl (C=O) groups is 7. The van der Waals surface area contributed by atoms with Gasteiger partial charge in [0.2, 0.25) is 23.6 Å². The lowest BCUT2D eigenvalue weighted by Gasteiger charge is -2.37. The van der Waals surface area contributed by atoms with Gasteiger partial charge in [0.05, 0.1) is 5.41 Å². The number of likely N-dealkylation sites (N-methyl/N-ethyl adjacent to an activating group) is 1. The van der Waals surface area contributed by atoms with Crippen LogP contribution in [-0.2, 0) is 49.5 Å². The Morgan fingerprint density at radius 2 is 1.56 bits per heavy atom. The van der Waals surface area contributed by atoms with E-state index in [4.69, 9.17) is 15.9 Å². The highest BCUT2D eigenvalue weighted by Gasteiger charge is 2.45. The fraction of sp³-hybridized carbons (Fsp3) is 0.651. The summed E-state index contributed by atoms with van der Waals surface area (Å²) in [5.41, 5.74) is -0.655. The highest BCUT2D eigenvalue weighted by atomic mass is 16.6. The smallest absolute Gasteiger partial charge is 0.329 e. The van der Waals surface area contributed by atoms with E-state index in [1.807, 2.05) is 25.1 Å². The van der Waals surface area contributed by atoms with Gasteiger partial charge in [0.1, 0.15) is 36.8 Å². The maximum absolute atomic E-state index is 14.4. The first-order valence-corrected chi connectivity index (χ1v) is 20.2. The normalized spacial score (nSPS) is 26.6. The average molecular weight is 794 g/mol. The molecule has 2 fully saturated rings. The second-order valence-electron chi connectivity index (χ2n) is 16.5. The van der Waals surface area contributed by atoms with Gasteiger partial charge in [-0.25, -0.2) is 4.79 Å². The van der Waals surface area contributed by atoms with E-state index in [1.165, 1.54) is 16.8 Å². The molecule has 314 valence electrons. The molecular formula is C43H63N5O9. The molecule has 14 heteroatoms. The van der Waals surface area contributed by atoms with E-state index in [0.717, 1.165) is 5.56 Å². The minimum Gasteiger partial charge on any atom is -0.460 e. The van der Waals surface area contributed by atoms with Gasteiger partial charge in [-0.15, -0.1) is 12.3 Å². The number of esters is 2. The number of unbranched alkanes of at least 4 members (excludes halogenated alkanes) is 1. The average Bonchev–Trinajstić information content (AvgIpc) is 3.68. The summed E-state index contributed by atoms with van der Waals surface area (Å²) in [4.78, 5) is 101. The summed E-state index contributed by atoms with van der Waals surface area (Å²) in [6.45, 7) is 13.5. The first-order chi connectivity index (χ1) is 26.8. The van der Waals surface area contributed by atoms with Gasteiger partial charge < -0.3 is 35.2 Å². The van der Waals surface area contributed by atoms with E-state index >= 15 is 0 Å². The second kappa shape index (κ2) is 21.0. The summed E-state index contributed by atoms with van der Waals surface area (Å²) in [6.07, 6.45) is 5.60. The van der Waals surface area contributed by atoms with Crippen LogP contribution in [0.4, 0.5) is 0 Å². The Morgan fingerprint density at radius 3 is 2.16 bits per heavy atom. The molecule has 3 rings (SSSR count). The third kappa shape index (κ3) is 12.0. The number of cyclic esters (lactones) is 2. The lowest BCUT2D eigenvalue weighted by Crippen LogP contribution is -2.59. The van der Waals surface area contributed by atoms with Crippen LogP contribution in [0.25, 0.3) is 0 Å². The van der Waals surface area contributed by atoms with Gasteiger partial charge >= 0.3 is 11.9 Å². The second-order valence-corrected chi connectivity index (χ2v) is 16.5. The van der Waals surface area contributed by atoms with Gasteiger partial charge in [0, 0.05) is 26.4 Å². The predicted molar refractivity (Wildman–Crippen MR) is 214 cm³/mol. The molecule has 3 N–H and O–H groups in total. The van der Waals surface area contributed by atoms with Crippen molar-refractivity contribution >= 4 is 41.5 Å². The Bertz CT molecular complexity index is 1640. The fourth-order valence-electron chi connectivity index (χ4n) is 7.10. The molecule has 1 aromatic carbocycles. The molecule has 2 aliphatic rings. The largest absolute Gasteiger partial charge is 0.460 e. The van der Waals surface area contributed by atoms with Crippen LogP contribution in [-0.4, -0.2) is 108 Å². The van der Waals surface area contributed by atoms with Gasteiger partial charge in [-0.05, 0) is 62.8 Å². The van der Waals surface area contributed by atoms with Crippen LogP contribution in [0, 0.1) is 35.5 Å². The van der Waals surface area contributed by atoms with Crippen molar-refractivity contribution in [3.8, 4) is 12.3 Å². The molecule has 0 radical (unpaired) electrons. The topological polar surface area (TPSA) is 181 Å². The van der Waals surface area contributed by atoms with Crippen LogP contribution >= 0.6 is 0 Å². The third-order valence-corrected chi connectivity index (χ3v) is 11.2. The number of amides is 5. The quantitative estimate of drug-likeness (QED) is 0.192. The molecule has 7 atom stereocenters. The maximum atomic E-state index is 14.4. The number of terminal acetylenes is 1. The van der Waals surface area contributed by atoms with E-state index in [0.29, 0.717) is 32.1 Å². The summed E-state index contributed by atoms with van der Waals surface area (Å²) < 4.78 is 11.9. The van der Waals surface area contributed by atoms with Crippen molar-refractivity contribution in [2.45, 2.75) is 137 Å². The molecule has 0 saturated carbocycles. The van der Waals surface area contributed by atoms with Gasteiger partial charge in [-0.2, -0.15) is 0 Å². The monoisotopic (exact) mass is 793 g/mol. The Kier molecular flexibility index (Phi) is 17.1. The number of hydrogen-bond donors (Lipinski definition) is 3. The molecule has 0 spiro atoms. The number of fused-ring (bicyclic) bond motifs is 1. The van der Waals surface area contributed by atoms with E-state index in [1.54, 1.807) is 60.6 Å². The molecule has 14 nitrogen and oxygen atoms in total. The third-order valence-electron chi connectivity index (χ3n) is 11.2. The van der Waals surface area contributed by atoms with Crippen LogP contribution in [0.2, 0.25) is 0 Å². The molecule has 57 heavy (non-hydrogen) atoms. The summed E-state index contributed by atoms with van der Waals surface area (Å²) in [5.74, 6) is -3.27. The summed E-state index contributed by atoms with van der Waals surface area (Å²) in [7, 11) is 1.46. The number of benzene rings is 1. The Balaban J connectivity index is 2.14. The van der Waals surface area contributed by atoms with Crippen molar-refractivity contribution in [3.05, 3.63) is 35.9 Å². The van der Waals surface area contributed by atoms with Gasteiger partial charge in [0.15, 0.2) is 6.10 Å². The fourth-order valence-corrected chi connectivity index (χ4v) is 7.10. The van der Waals surface area contributed by atoms with Crippen molar-refractivity contribution in [1.82, 2.24) is 25.8 Å². The van der Waals surface area contributed by atoms with Gasteiger partial charge in [0.25, 0.3) is 5.91 Å². The SMILES string of the molecule is C#CCCC[C@@H]1OC(=O)CNC(=O)[C@H]([C@@H](C)CC)NC(=O)[C@@H]2CCCN2C(=O)[C@H](C(C)C)OC(=O)[C@H](Cc2ccccc2)N(C)C(=O)[C@H](C(C)C)NC(=O)C1(C)C. The molecule has 0 aromatic heterocycles. The minimum absolute atomic E-state index is 0.0478. The minimum atomic E-state index is -1.38. The molecule has 0 aliphatic carbocycles. The summed E-state index contributed by atoms with van der Waals surface area (Å²) in [5, 5.41) is 8.27. The number of nitrogens with zero attached hydrogens (tertiary/aromatic N) is 2. The summed E-state index contributed by atoms with van der Waals surface area (Å²) >= 11 is 0. The number of ether oxygens (including phenoxy) is 2. The molecule has 0 unspecified atom stereocenters. The van der Waals surface area contributed by atoms with E-state index in [9.17, 15) is 33.6 Å². The predicted octanol–water partition coefficient (Wildman–Crippen LogP) is 3.16. The molecular weight excluding hydrogens is 730 g/mol. The molecule has 1 aromatic rings. The van der Waals surface area contributed by atoms with Crippen LogP contribution in [0.1, 0.15) is 99.5 Å². The molecule has 2 heterocycles. The Labute approximate surface area is 337 Å². The van der Waals surface area contributed by atoms with Crippen LogP contribution < -0.4 is 16.0 Å². The highest BCUT2D eigenvalue weighted by molar-refractivity contribution is 5.96. The first kappa shape index (κ1) is 46.5. The zero-order chi connectivity index (χ0) is 42.6. The van der Waals surface area contributed by atoms with Crippen molar-refractivity contribution in [2.24, 2.45) is 23.2 Å². The lowest BCUT2D eigenvalue weighted by molar-refractivity contribution is -0.170. The van der Waals surface area contributed by atoms with Crippen LogP contribution in [0.5, 0.6) is 0 Å². The number of hydrogen-bond acceptors (Lipinski definition) is 9. The zero-order valence-electron chi connectivity index (χ0n) is 35.1. The van der Waals surface area contributed by atoms with E-state index in [-0.39, 0.29) is 25.3 Å². The standard InChI is InChI=1S/C43H63N5O9/c1-11-13-15-22-32-43(8,9)42(55)46-34(26(3)4)39(52)47(10)31(24-29-19-16-14-17-20-29)41(54)57-36(27(5)6)40(53)48-23-18-21-30(48)37(50)45-35(28(7)12-2)38(51)44-25-33(49)56-32/h1,14,16-17,19-20,26-28,30-32,34-36H,12-13,15,18,21-25H2,2-10H3,(H,44,51)(H,45,50)(H,46,55)/t28-,30-,31-,32-,34-,35-,36-/m0/s1. The van der Waals surface area contributed by atoms with Crippen molar-refractivity contribution in [3.63, 3.8) is 0 Å². The number of nitrogens with one attached hydrogen (secondary N) is 3. The Morgan fingerprint density at radius 1 is 0.895 bits per heavy atom. The van der Waals surface area contributed by atoms with Gasteiger partial charge in [-0.3, -0.25) is 28.8 Å². The Hall–Kier alpha value is -4.93. The van der Waals surface area contributed by atoms with Gasteiger partial charge in [-0.1, -0.05) is 78.3 Å². The number of rotatable bonds is 9. The van der Waals surface area contributed by atoms with E-state index < -0.39 is 102 Å². The maximum Gasteiger partial charge on any atom is 0.329 e. The summed E-state index contributed by atoms with van der Waals surface area (Å²) in [6, 6.07) is 4.75. The molecule has 2 aliphatic heterocycles. The van der Waals surface area contributed by atoms with Crippen molar-refractivity contribution < 1.29 is 43.0 Å². The highest BCUT2D eigenvalue weighted by Crippen LogP contribution is 2.30. The van der Waals surface area contributed by atoms with Crippen LogP contribution in [0.15, 0.2) is 30.3 Å².